The highest BCUT2D eigenvalue weighted by molar-refractivity contribution is 14.0. The van der Waals surface area contributed by atoms with Gasteiger partial charge in [0.05, 0.1) is 6.54 Å². The minimum absolute atomic E-state index is 0. The van der Waals surface area contributed by atoms with Crippen molar-refractivity contribution in [2.45, 2.75) is 26.6 Å². The number of carbonyl (C=O) groups excluding carboxylic acids is 1. The molecule has 2 N–H and O–H groups in total. The number of aliphatic imine (C=N–C) groups is 1. The van der Waals surface area contributed by atoms with E-state index >= 15 is 0 Å². The van der Waals surface area contributed by atoms with Crippen molar-refractivity contribution in [3.63, 3.8) is 0 Å². The highest BCUT2D eigenvalue weighted by Crippen LogP contribution is 2.11. The van der Waals surface area contributed by atoms with Gasteiger partial charge in [0.1, 0.15) is 0 Å². The first-order valence-corrected chi connectivity index (χ1v) is 9.95. The van der Waals surface area contributed by atoms with Crippen molar-refractivity contribution in [3.8, 4) is 0 Å². The van der Waals surface area contributed by atoms with Crippen LogP contribution in [0, 0.1) is 0 Å². The molecule has 0 bridgehead atoms. The van der Waals surface area contributed by atoms with Gasteiger partial charge in [0.25, 0.3) is 5.91 Å². The number of halogens is 1. The van der Waals surface area contributed by atoms with Gasteiger partial charge < -0.3 is 20.4 Å². The van der Waals surface area contributed by atoms with E-state index in [9.17, 15) is 4.79 Å². The molecule has 2 aromatic carbocycles. The third kappa shape index (κ3) is 8.31. The molecular weight excluding hydrogens is 489 g/mol. The number of benzene rings is 2. The molecule has 0 aliphatic carbocycles. The maximum absolute atomic E-state index is 12.0. The van der Waals surface area contributed by atoms with Gasteiger partial charge in [0.15, 0.2) is 5.96 Å². The molecule has 0 aliphatic heterocycles. The molecule has 2 rings (SSSR count). The molecule has 30 heavy (non-hydrogen) atoms. The minimum atomic E-state index is 0. The number of rotatable bonds is 8. The van der Waals surface area contributed by atoms with Crippen molar-refractivity contribution in [2.24, 2.45) is 4.99 Å². The van der Waals surface area contributed by atoms with Gasteiger partial charge in [-0.15, -0.1) is 24.0 Å². The van der Waals surface area contributed by atoms with Gasteiger partial charge in [0, 0.05) is 39.3 Å². The molecule has 0 saturated heterocycles. The number of hydrogen-bond acceptors (Lipinski definition) is 3. The fourth-order valence-electron chi connectivity index (χ4n) is 2.93. The van der Waals surface area contributed by atoms with E-state index in [-0.39, 0.29) is 29.9 Å². The molecule has 0 heterocycles. The van der Waals surface area contributed by atoms with Crippen LogP contribution in [0.25, 0.3) is 0 Å². The predicted octanol–water partition coefficient (Wildman–Crippen LogP) is 3.32. The third-order valence-electron chi connectivity index (χ3n) is 4.42. The second-order valence-corrected chi connectivity index (χ2v) is 7.45. The van der Waals surface area contributed by atoms with Crippen molar-refractivity contribution < 1.29 is 4.79 Å². The molecule has 0 aromatic heterocycles. The van der Waals surface area contributed by atoms with Crippen molar-refractivity contribution >= 4 is 35.8 Å². The molecule has 6 nitrogen and oxygen atoms in total. The van der Waals surface area contributed by atoms with Crippen LogP contribution in [0.5, 0.6) is 0 Å². The maximum atomic E-state index is 12.0. The summed E-state index contributed by atoms with van der Waals surface area (Å²) in [6.07, 6.45) is 0. The predicted molar refractivity (Wildman–Crippen MR) is 135 cm³/mol. The number of nitrogens with one attached hydrogen (secondary N) is 2. The fraction of sp³-hybridized carbons (Fsp3) is 0.391. The topological polar surface area (TPSA) is 60.0 Å². The Morgan fingerprint density at radius 2 is 1.57 bits per heavy atom. The van der Waals surface area contributed by atoms with Gasteiger partial charge in [-0.2, -0.15) is 0 Å². The Labute approximate surface area is 197 Å². The van der Waals surface area contributed by atoms with Gasteiger partial charge in [-0.1, -0.05) is 36.4 Å². The molecule has 0 fully saturated rings. The van der Waals surface area contributed by atoms with Gasteiger partial charge in [-0.25, -0.2) is 4.99 Å². The average molecular weight is 523 g/mol. The molecule has 1 amide bonds. The summed E-state index contributed by atoms with van der Waals surface area (Å²) in [7, 11) is 7.66. The third-order valence-corrected chi connectivity index (χ3v) is 4.42. The highest BCUT2D eigenvalue weighted by atomic mass is 127. The molecule has 0 spiro atoms. The largest absolute Gasteiger partial charge is 0.357 e. The van der Waals surface area contributed by atoms with Crippen molar-refractivity contribution in [2.75, 3.05) is 34.7 Å². The van der Waals surface area contributed by atoms with E-state index in [1.165, 1.54) is 11.1 Å². The first kappa shape index (κ1) is 25.9. The zero-order valence-electron chi connectivity index (χ0n) is 18.6. The Morgan fingerprint density at radius 1 is 0.933 bits per heavy atom. The first-order valence-electron chi connectivity index (χ1n) is 9.95. The Balaban J connectivity index is 0.00000450. The summed E-state index contributed by atoms with van der Waals surface area (Å²) in [5, 5.41) is 6.72. The molecule has 0 atom stereocenters. The molecule has 0 aliphatic rings. The monoisotopic (exact) mass is 523 g/mol. The van der Waals surface area contributed by atoms with Crippen LogP contribution in [-0.4, -0.2) is 56.4 Å². The fourth-order valence-corrected chi connectivity index (χ4v) is 2.93. The summed E-state index contributed by atoms with van der Waals surface area (Å²) in [6, 6.07) is 16.1. The number of amides is 1. The van der Waals surface area contributed by atoms with E-state index in [0.29, 0.717) is 18.7 Å². The van der Waals surface area contributed by atoms with Gasteiger partial charge in [0.2, 0.25) is 0 Å². The number of hydrogen-bond donors (Lipinski definition) is 2. The normalized spacial score (nSPS) is 11.1. The van der Waals surface area contributed by atoms with E-state index in [1.807, 2.05) is 24.3 Å². The zero-order chi connectivity index (χ0) is 21.2. The van der Waals surface area contributed by atoms with E-state index in [1.54, 1.807) is 19.0 Å². The quantitative estimate of drug-likeness (QED) is 0.317. The molecule has 0 saturated carbocycles. The standard InChI is InChI=1S/C23H33N5O.HI/c1-6-24-23(26-16-20-9-7-8-10-21(20)17-27(2)3)25-15-18-11-13-19(14-12-18)22(29)28(4)5;/h7-14H,6,15-17H2,1-5H3,(H2,24,25,26);1H. The van der Waals surface area contributed by atoms with E-state index < -0.39 is 0 Å². The lowest BCUT2D eigenvalue weighted by Gasteiger charge is -2.16. The number of carbonyl (C=O) groups is 1. The van der Waals surface area contributed by atoms with Gasteiger partial charge >= 0.3 is 0 Å². The SMILES string of the molecule is CCNC(=NCc1ccc(C(=O)N(C)C)cc1)NCc1ccccc1CN(C)C.I. The van der Waals surface area contributed by atoms with Crippen LogP contribution < -0.4 is 10.6 Å². The van der Waals surface area contributed by atoms with Crippen molar-refractivity contribution in [1.82, 2.24) is 20.4 Å². The summed E-state index contributed by atoms with van der Waals surface area (Å²) in [6.45, 7) is 5.01. The van der Waals surface area contributed by atoms with Crippen LogP contribution in [0.3, 0.4) is 0 Å². The Kier molecular flexibility index (Phi) is 11.4. The van der Waals surface area contributed by atoms with Crippen LogP contribution in [0.1, 0.15) is 34.0 Å². The zero-order valence-corrected chi connectivity index (χ0v) is 20.9. The molecule has 0 radical (unpaired) electrons. The Morgan fingerprint density at radius 3 is 2.13 bits per heavy atom. The first-order chi connectivity index (χ1) is 13.9. The Hall–Kier alpha value is -2.13. The van der Waals surface area contributed by atoms with Crippen LogP contribution >= 0.6 is 24.0 Å². The molecule has 0 unspecified atom stereocenters. The number of nitrogens with zero attached hydrogens (tertiary/aromatic N) is 3. The summed E-state index contributed by atoms with van der Waals surface area (Å²) in [5.41, 5.74) is 4.32. The summed E-state index contributed by atoms with van der Waals surface area (Å²) < 4.78 is 0. The molecule has 164 valence electrons. The van der Waals surface area contributed by atoms with Crippen LogP contribution in [-0.2, 0) is 19.6 Å². The molecule has 7 heteroatoms. The highest BCUT2D eigenvalue weighted by Gasteiger charge is 2.07. The lowest BCUT2D eigenvalue weighted by Crippen LogP contribution is -2.37. The molecular formula is C23H34IN5O. The summed E-state index contributed by atoms with van der Waals surface area (Å²) >= 11 is 0. The lowest BCUT2D eigenvalue weighted by molar-refractivity contribution is 0.0827. The second-order valence-electron chi connectivity index (χ2n) is 7.45. The van der Waals surface area contributed by atoms with Crippen LogP contribution in [0.4, 0.5) is 0 Å². The van der Waals surface area contributed by atoms with E-state index in [0.717, 1.165) is 24.6 Å². The average Bonchev–Trinajstić information content (AvgIpc) is 2.70. The number of guanidine groups is 1. The minimum Gasteiger partial charge on any atom is -0.357 e. The second kappa shape index (κ2) is 13.2. The summed E-state index contributed by atoms with van der Waals surface area (Å²) in [4.78, 5) is 20.4. The van der Waals surface area contributed by atoms with Gasteiger partial charge in [-0.05, 0) is 49.8 Å². The van der Waals surface area contributed by atoms with E-state index in [2.05, 4.69) is 65.8 Å². The van der Waals surface area contributed by atoms with Gasteiger partial charge in [-0.3, -0.25) is 4.79 Å². The summed E-state index contributed by atoms with van der Waals surface area (Å²) in [5.74, 6) is 0.784. The molecule has 2 aromatic rings. The lowest BCUT2D eigenvalue weighted by atomic mass is 10.1. The van der Waals surface area contributed by atoms with Crippen molar-refractivity contribution in [1.29, 1.82) is 0 Å². The van der Waals surface area contributed by atoms with Crippen LogP contribution in [0.2, 0.25) is 0 Å². The Bertz CT molecular complexity index is 819. The van der Waals surface area contributed by atoms with Crippen molar-refractivity contribution in [3.05, 3.63) is 70.8 Å². The van der Waals surface area contributed by atoms with E-state index in [4.69, 9.17) is 0 Å². The maximum Gasteiger partial charge on any atom is 0.253 e. The van der Waals surface area contributed by atoms with Crippen LogP contribution in [0.15, 0.2) is 53.5 Å². The smallest absolute Gasteiger partial charge is 0.253 e.